The maximum absolute atomic E-state index is 14.2. The first-order chi connectivity index (χ1) is 15.4. The Labute approximate surface area is 189 Å². The van der Waals surface area contributed by atoms with Gasteiger partial charge in [-0.05, 0) is 63.5 Å². The Bertz CT molecular complexity index is 871. The predicted octanol–water partition coefficient (Wildman–Crippen LogP) is 2.84. The van der Waals surface area contributed by atoms with Gasteiger partial charge in [0.1, 0.15) is 11.9 Å². The number of nitrogens with one attached hydrogen (secondary N) is 2. The van der Waals surface area contributed by atoms with Crippen LogP contribution in [-0.4, -0.2) is 65.9 Å². The van der Waals surface area contributed by atoms with E-state index in [9.17, 15) is 14.0 Å². The van der Waals surface area contributed by atoms with E-state index in [-0.39, 0.29) is 23.7 Å². The predicted molar refractivity (Wildman–Crippen MR) is 122 cm³/mol. The molecule has 0 bridgehead atoms. The number of hydrogen-bond donors (Lipinski definition) is 2. The smallest absolute Gasteiger partial charge is 0.243 e. The normalized spacial score (nSPS) is 30.0. The summed E-state index contributed by atoms with van der Waals surface area (Å²) >= 11 is 0. The molecule has 174 valence electrons. The Morgan fingerprint density at radius 3 is 2.75 bits per heavy atom. The van der Waals surface area contributed by atoms with Crippen molar-refractivity contribution in [1.82, 2.24) is 15.1 Å². The van der Waals surface area contributed by atoms with Gasteiger partial charge in [-0.2, -0.15) is 0 Å². The Balaban J connectivity index is 1.14. The van der Waals surface area contributed by atoms with Gasteiger partial charge in [0, 0.05) is 61.9 Å². The molecule has 6 nitrogen and oxygen atoms in total. The highest BCUT2D eigenvalue weighted by atomic mass is 19.1. The van der Waals surface area contributed by atoms with Gasteiger partial charge in [0.2, 0.25) is 11.8 Å². The van der Waals surface area contributed by atoms with Crippen LogP contribution < -0.4 is 10.6 Å². The van der Waals surface area contributed by atoms with E-state index >= 15 is 0 Å². The van der Waals surface area contributed by atoms with Gasteiger partial charge in [-0.1, -0.05) is 6.07 Å². The minimum Gasteiger partial charge on any atom is -0.373 e. The monoisotopic (exact) mass is 442 g/mol. The van der Waals surface area contributed by atoms with Crippen LogP contribution in [0.4, 0.5) is 10.1 Å². The Morgan fingerprint density at radius 2 is 2.00 bits per heavy atom. The van der Waals surface area contributed by atoms with Crippen LogP contribution in [-0.2, 0) is 16.0 Å². The summed E-state index contributed by atoms with van der Waals surface area (Å²) in [6.07, 6.45) is 7.74. The number of likely N-dealkylation sites (tertiary alicyclic amines) is 1. The zero-order valence-corrected chi connectivity index (χ0v) is 19.2. The molecule has 4 aliphatic rings. The number of carbonyl (C=O) groups is 2. The van der Waals surface area contributed by atoms with Crippen LogP contribution in [0.5, 0.6) is 0 Å². The van der Waals surface area contributed by atoms with Crippen LogP contribution in [0.25, 0.3) is 0 Å². The maximum atomic E-state index is 14.2. The Hall–Kier alpha value is -2.15. The van der Waals surface area contributed by atoms with Gasteiger partial charge in [-0.3, -0.25) is 14.5 Å². The summed E-state index contributed by atoms with van der Waals surface area (Å²) in [6.45, 7) is 3.91. The minimum absolute atomic E-state index is 0.0280. The number of amides is 2. The molecular formula is C25H35FN4O2. The van der Waals surface area contributed by atoms with E-state index in [1.807, 2.05) is 18.9 Å². The Morgan fingerprint density at radius 1 is 1.19 bits per heavy atom. The van der Waals surface area contributed by atoms with Crippen LogP contribution >= 0.6 is 0 Å². The lowest BCUT2D eigenvalue weighted by Gasteiger charge is -2.36. The summed E-state index contributed by atoms with van der Waals surface area (Å²) < 4.78 is 14.2. The molecule has 3 fully saturated rings. The van der Waals surface area contributed by atoms with Gasteiger partial charge in [-0.15, -0.1) is 0 Å². The average molecular weight is 443 g/mol. The van der Waals surface area contributed by atoms with Crippen molar-refractivity contribution >= 4 is 17.5 Å². The first-order valence-corrected chi connectivity index (χ1v) is 12.3. The van der Waals surface area contributed by atoms with E-state index in [2.05, 4.69) is 15.5 Å². The van der Waals surface area contributed by atoms with Gasteiger partial charge in [0.25, 0.3) is 0 Å². The second kappa shape index (κ2) is 8.65. The van der Waals surface area contributed by atoms with Gasteiger partial charge < -0.3 is 15.5 Å². The third kappa shape index (κ3) is 4.24. The van der Waals surface area contributed by atoms with Crippen LogP contribution in [0, 0.1) is 18.7 Å². The summed E-state index contributed by atoms with van der Waals surface area (Å²) in [5.74, 6) is 0.331. The number of hydrogen-bond acceptors (Lipinski definition) is 4. The second-order valence-corrected chi connectivity index (χ2v) is 10.3. The van der Waals surface area contributed by atoms with E-state index in [1.165, 1.54) is 6.07 Å². The standard InChI is InChI=1S/C25H35FN4O2/c1-15-6-9-21(26)20-13-22(28-23(15)20)24(31)27-17-4-3-5-18(12-17)30-11-10-19(14-30)29(2)25(32)16-7-8-16/h6,9,16-19,22,28H,3-5,7-8,10-14H2,1-2H3,(H,27,31)/t17-,18+,19?,22?/m1/s1. The largest absolute Gasteiger partial charge is 0.373 e. The molecule has 0 aromatic heterocycles. The summed E-state index contributed by atoms with van der Waals surface area (Å²) in [7, 11) is 1.97. The van der Waals surface area contributed by atoms with Gasteiger partial charge in [-0.25, -0.2) is 4.39 Å². The molecule has 2 aliphatic carbocycles. The van der Waals surface area contributed by atoms with E-state index < -0.39 is 6.04 Å². The lowest BCUT2D eigenvalue weighted by Crippen LogP contribution is -2.49. The van der Waals surface area contributed by atoms with Crippen molar-refractivity contribution in [2.75, 3.05) is 25.5 Å². The minimum atomic E-state index is -0.403. The summed E-state index contributed by atoms with van der Waals surface area (Å²) in [6, 6.07) is 3.77. The van der Waals surface area contributed by atoms with Crippen molar-refractivity contribution < 1.29 is 14.0 Å². The Kier molecular flexibility index (Phi) is 5.86. The summed E-state index contributed by atoms with van der Waals surface area (Å²) in [4.78, 5) is 29.9. The highest BCUT2D eigenvalue weighted by Gasteiger charge is 2.39. The van der Waals surface area contributed by atoms with Gasteiger partial charge in [0.05, 0.1) is 0 Å². The second-order valence-electron chi connectivity index (χ2n) is 10.3. The number of likely N-dealkylation sites (N-methyl/N-ethyl adjacent to an activating group) is 1. The molecule has 1 aromatic rings. The lowest BCUT2D eigenvalue weighted by atomic mass is 9.89. The number of anilines is 1. The molecule has 7 heteroatoms. The molecule has 2 N–H and O–H groups in total. The van der Waals surface area contributed by atoms with Gasteiger partial charge in [0.15, 0.2) is 0 Å². The lowest BCUT2D eigenvalue weighted by molar-refractivity contribution is -0.133. The van der Waals surface area contributed by atoms with Crippen LogP contribution in [0.2, 0.25) is 0 Å². The SMILES string of the molecule is Cc1ccc(F)c2c1NC(C(=O)N[C@@H]1CCC[C@H](N3CCC(N(C)C(=O)C4CC4)C3)C1)C2. The highest BCUT2D eigenvalue weighted by Crippen LogP contribution is 2.34. The molecule has 2 unspecified atom stereocenters. The van der Waals surface area contributed by atoms with E-state index in [4.69, 9.17) is 0 Å². The highest BCUT2D eigenvalue weighted by molar-refractivity contribution is 5.88. The molecule has 2 heterocycles. The van der Waals surface area contributed by atoms with Crippen molar-refractivity contribution in [3.05, 3.63) is 29.1 Å². The third-order valence-corrected chi connectivity index (χ3v) is 8.03. The van der Waals surface area contributed by atoms with Crippen molar-refractivity contribution in [3.63, 3.8) is 0 Å². The van der Waals surface area contributed by atoms with Crippen molar-refractivity contribution in [3.8, 4) is 0 Å². The average Bonchev–Trinajstić information content (AvgIpc) is 3.33. The van der Waals surface area contributed by atoms with E-state index in [0.29, 0.717) is 30.0 Å². The first-order valence-electron chi connectivity index (χ1n) is 12.3. The zero-order chi connectivity index (χ0) is 22.4. The number of rotatable bonds is 5. The fourth-order valence-electron chi connectivity index (χ4n) is 5.87. The molecule has 0 spiro atoms. The number of carbonyl (C=O) groups excluding carboxylic acids is 2. The third-order valence-electron chi connectivity index (χ3n) is 8.03. The van der Waals surface area contributed by atoms with Crippen molar-refractivity contribution in [2.24, 2.45) is 5.92 Å². The molecular weight excluding hydrogens is 407 g/mol. The van der Waals surface area contributed by atoms with E-state index in [1.54, 1.807) is 6.07 Å². The number of benzene rings is 1. The fourth-order valence-corrected chi connectivity index (χ4v) is 5.87. The first kappa shape index (κ1) is 21.7. The summed E-state index contributed by atoms with van der Waals surface area (Å²) in [5, 5.41) is 6.49. The zero-order valence-electron chi connectivity index (χ0n) is 19.2. The summed E-state index contributed by atoms with van der Waals surface area (Å²) in [5.41, 5.74) is 2.38. The van der Waals surface area contributed by atoms with Crippen molar-refractivity contribution in [2.45, 2.75) is 82.5 Å². The molecule has 5 rings (SSSR count). The molecule has 1 aromatic carbocycles. The number of halogens is 1. The number of fused-ring (bicyclic) bond motifs is 1. The van der Waals surface area contributed by atoms with Crippen LogP contribution in [0.3, 0.4) is 0 Å². The maximum Gasteiger partial charge on any atom is 0.243 e. The van der Waals surface area contributed by atoms with Gasteiger partial charge >= 0.3 is 0 Å². The topological polar surface area (TPSA) is 64.7 Å². The molecule has 32 heavy (non-hydrogen) atoms. The molecule has 2 saturated carbocycles. The van der Waals surface area contributed by atoms with Crippen LogP contribution in [0.15, 0.2) is 12.1 Å². The molecule has 4 atom stereocenters. The number of aryl methyl sites for hydroxylation is 1. The number of nitrogens with zero attached hydrogens (tertiary/aromatic N) is 2. The van der Waals surface area contributed by atoms with Crippen molar-refractivity contribution in [1.29, 1.82) is 0 Å². The van der Waals surface area contributed by atoms with E-state index in [0.717, 1.165) is 69.3 Å². The van der Waals surface area contributed by atoms with Crippen LogP contribution in [0.1, 0.15) is 56.1 Å². The molecule has 2 amide bonds. The molecule has 0 radical (unpaired) electrons. The quantitative estimate of drug-likeness (QED) is 0.736. The molecule has 2 aliphatic heterocycles. The molecule has 1 saturated heterocycles. The fraction of sp³-hybridized carbons (Fsp3) is 0.680.